The Labute approximate surface area is 131 Å². The van der Waals surface area contributed by atoms with E-state index in [0.29, 0.717) is 30.1 Å². The number of pyridine rings is 1. The van der Waals surface area contributed by atoms with Gasteiger partial charge in [-0.1, -0.05) is 0 Å². The second-order valence-corrected chi connectivity index (χ2v) is 6.16. The lowest BCUT2D eigenvalue weighted by Gasteiger charge is -2.32. The molecule has 6 nitrogen and oxygen atoms in total. The summed E-state index contributed by atoms with van der Waals surface area (Å²) in [5.74, 6) is 0.291. The van der Waals surface area contributed by atoms with Crippen LogP contribution >= 0.6 is 0 Å². The lowest BCUT2D eigenvalue weighted by Crippen LogP contribution is -2.41. The molecule has 0 unspecified atom stereocenters. The van der Waals surface area contributed by atoms with Crippen LogP contribution in [0.2, 0.25) is 0 Å². The molecule has 0 spiro atoms. The minimum atomic E-state index is -0.544. The molecule has 0 saturated carbocycles. The molecular weight excluding hydrogens is 283 g/mol. The molecule has 0 aromatic carbocycles. The summed E-state index contributed by atoms with van der Waals surface area (Å²) in [7, 11) is 1.04. The monoisotopic (exact) mass is 304 g/mol. The molecular formula is C15H21BN2O4. The Morgan fingerprint density at radius 1 is 1.23 bits per heavy atom. The number of rotatable bonds is 5. The number of nitrogens with zero attached hydrogens (tertiary/aromatic N) is 2. The highest BCUT2D eigenvalue weighted by atomic mass is 16.7. The van der Waals surface area contributed by atoms with Crippen molar-refractivity contribution in [3.63, 3.8) is 0 Å². The van der Waals surface area contributed by atoms with Crippen LogP contribution in [-0.2, 0) is 14.0 Å². The Bertz CT molecular complexity index is 567. The number of hydrogen-bond donors (Lipinski definition) is 0. The predicted molar refractivity (Wildman–Crippen MR) is 82.0 cm³/mol. The van der Waals surface area contributed by atoms with Crippen LogP contribution in [0.1, 0.15) is 33.3 Å². The van der Waals surface area contributed by atoms with Crippen molar-refractivity contribution < 1.29 is 18.8 Å². The first-order chi connectivity index (χ1) is 10.3. The van der Waals surface area contributed by atoms with E-state index >= 15 is 0 Å². The molecule has 1 fully saturated rings. The molecule has 22 heavy (non-hydrogen) atoms. The molecule has 2 rings (SSSR count). The van der Waals surface area contributed by atoms with Gasteiger partial charge in [-0.15, -0.1) is 0 Å². The third-order valence-electron chi connectivity index (χ3n) is 4.04. The van der Waals surface area contributed by atoms with Crippen molar-refractivity contribution in [1.82, 2.24) is 4.98 Å². The first kappa shape index (κ1) is 16.8. The normalized spacial score (nSPS) is 19.0. The standard InChI is InChI=1S/C15H21BN2O4/c1-14(2)15(3,4)22-16(21-14)12-8-11(9-17)13(18-10-12)20-7-6-19-5/h8,10H,6-7H2,1-5H3. The summed E-state index contributed by atoms with van der Waals surface area (Å²) in [6.07, 6.45) is 1.62. The summed E-state index contributed by atoms with van der Waals surface area (Å²) in [6.45, 7) is 8.70. The number of ether oxygens (including phenoxy) is 2. The van der Waals surface area contributed by atoms with Gasteiger partial charge in [0.25, 0.3) is 0 Å². The summed E-state index contributed by atoms with van der Waals surface area (Å²) in [4.78, 5) is 4.20. The molecule has 0 amide bonds. The Balaban J connectivity index is 2.19. The third kappa shape index (κ3) is 3.24. The molecule has 2 heterocycles. The number of aromatic nitrogens is 1. The van der Waals surface area contributed by atoms with E-state index in [-0.39, 0.29) is 0 Å². The van der Waals surface area contributed by atoms with Crippen LogP contribution in [0.25, 0.3) is 0 Å². The summed E-state index contributed by atoms with van der Waals surface area (Å²) in [5.41, 5.74) is 0.188. The average molecular weight is 304 g/mol. The zero-order valence-corrected chi connectivity index (χ0v) is 13.7. The molecule has 0 N–H and O–H groups in total. The van der Waals surface area contributed by atoms with Gasteiger partial charge in [0.15, 0.2) is 0 Å². The smallest absolute Gasteiger partial charge is 0.474 e. The number of methoxy groups -OCH3 is 1. The highest BCUT2D eigenvalue weighted by molar-refractivity contribution is 6.62. The van der Waals surface area contributed by atoms with Crippen molar-refractivity contribution in [3.8, 4) is 11.9 Å². The second kappa shape index (κ2) is 6.25. The Morgan fingerprint density at radius 2 is 1.86 bits per heavy atom. The molecule has 0 aliphatic carbocycles. The number of hydrogen-bond acceptors (Lipinski definition) is 6. The Morgan fingerprint density at radius 3 is 2.41 bits per heavy atom. The van der Waals surface area contributed by atoms with Gasteiger partial charge in [-0.25, -0.2) is 4.98 Å². The van der Waals surface area contributed by atoms with Gasteiger partial charge in [0.05, 0.1) is 17.8 Å². The van der Waals surface area contributed by atoms with Crippen LogP contribution in [0, 0.1) is 11.3 Å². The highest BCUT2D eigenvalue weighted by Crippen LogP contribution is 2.36. The van der Waals surface area contributed by atoms with E-state index in [1.165, 1.54) is 0 Å². The van der Waals surface area contributed by atoms with Gasteiger partial charge in [0.1, 0.15) is 18.2 Å². The predicted octanol–water partition coefficient (Wildman–Crippen LogP) is 1.28. The zero-order chi connectivity index (χ0) is 16.4. The van der Waals surface area contributed by atoms with Gasteiger partial charge in [-0.3, -0.25) is 0 Å². The summed E-state index contributed by atoms with van der Waals surface area (Å²) >= 11 is 0. The van der Waals surface area contributed by atoms with Gasteiger partial charge in [0, 0.05) is 18.8 Å². The van der Waals surface area contributed by atoms with Crippen molar-refractivity contribution in [1.29, 1.82) is 5.26 Å². The third-order valence-corrected chi connectivity index (χ3v) is 4.04. The topological polar surface area (TPSA) is 73.6 Å². The van der Waals surface area contributed by atoms with Crippen LogP contribution in [0.5, 0.6) is 5.88 Å². The van der Waals surface area contributed by atoms with E-state index in [9.17, 15) is 5.26 Å². The van der Waals surface area contributed by atoms with E-state index < -0.39 is 18.3 Å². The van der Waals surface area contributed by atoms with Gasteiger partial charge in [0.2, 0.25) is 5.88 Å². The van der Waals surface area contributed by atoms with E-state index in [0.717, 1.165) is 0 Å². The van der Waals surface area contributed by atoms with Crippen molar-refractivity contribution in [2.75, 3.05) is 20.3 Å². The summed E-state index contributed by atoms with van der Waals surface area (Å²) < 4.78 is 22.3. The maximum absolute atomic E-state index is 9.26. The van der Waals surface area contributed by atoms with Crippen molar-refractivity contribution in [2.24, 2.45) is 0 Å². The largest absolute Gasteiger partial charge is 0.496 e. The van der Waals surface area contributed by atoms with Crippen LogP contribution in [0.4, 0.5) is 0 Å². The van der Waals surface area contributed by atoms with E-state index in [4.69, 9.17) is 18.8 Å². The van der Waals surface area contributed by atoms with Gasteiger partial charge in [-0.05, 0) is 33.8 Å². The van der Waals surface area contributed by atoms with Crippen LogP contribution in [0.3, 0.4) is 0 Å². The van der Waals surface area contributed by atoms with Crippen LogP contribution in [0.15, 0.2) is 12.3 Å². The fraction of sp³-hybridized carbons (Fsp3) is 0.600. The molecule has 1 aromatic heterocycles. The Kier molecular flexibility index (Phi) is 4.76. The Hall–Kier alpha value is -1.62. The van der Waals surface area contributed by atoms with Crippen LogP contribution < -0.4 is 10.2 Å². The average Bonchev–Trinajstić information content (AvgIpc) is 2.68. The fourth-order valence-electron chi connectivity index (χ4n) is 1.99. The van der Waals surface area contributed by atoms with Crippen LogP contribution in [-0.4, -0.2) is 43.6 Å². The molecule has 1 aliphatic heterocycles. The first-order valence-electron chi connectivity index (χ1n) is 7.18. The minimum Gasteiger partial charge on any atom is -0.474 e. The summed E-state index contributed by atoms with van der Waals surface area (Å²) in [5, 5.41) is 9.26. The van der Waals surface area contributed by atoms with E-state index in [2.05, 4.69) is 11.1 Å². The first-order valence-corrected chi connectivity index (χ1v) is 7.18. The minimum absolute atomic E-state index is 0.291. The molecule has 0 radical (unpaired) electrons. The van der Waals surface area contributed by atoms with Gasteiger partial charge < -0.3 is 18.8 Å². The highest BCUT2D eigenvalue weighted by Gasteiger charge is 2.51. The number of nitriles is 1. The maximum atomic E-state index is 9.26. The summed E-state index contributed by atoms with van der Waals surface area (Å²) in [6, 6.07) is 3.78. The SMILES string of the molecule is COCCOc1ncc(B2OC(C)(C)C(C)(C)O2)cc1C#N. The zero-order valence-electron chi connectivity index (χ0n) is 13.7. The maximum Gasteiger partial charge on any atom is 0.496 e. The van der Waals surface area contributed by atoms with Crippen molar-refractivity contribution >= 4 is 12.6 Å². The van der Waals surface area contributed by atoms with Gasteiger partial charge in [-0.2, -0.15) is 5.26 Å². The second-order valence-electron chi connectivity index (χ2n) is 6.16. The molecule has 7 heteroatoms. The van der Waals surface area contributed by atoms with E-state index in [1.807, 2.05) is 27.7 Å². The fourth-order valence-corrected chi connectivity index (χ4v) is 1.99. The van der Waals surface area contributed by atoms with Crippen molar-refractivity contribution in [3.05, 3.63) is 17.8 Å². The van der Waals surface area contributed by atoms with Gasteiger partial charge >= 0.3 is 7.12 Å². The van der Waals surface area contributed by atoms with Crippen molar-refractivity contribution in [2.45, 2.75) is 38.9 Å². The molecule has 0 atom stereocenters. The molecule has 118 valence electrons. The molecule has 1 saturated heterocycles. The molecule has 1 aliphatic rings. The molecule has 1 aromatic rings. The lowest BCUT2D eigenvalue weighted by molar-refractivity contribution is 0.00578. The molecule has 0 bridgehead atoms. The van der Waals surface area contributed by atoms with E-state index in [1.54, 1.807) is 19.4 Å². The lowest BCUT2D eigenvalue weighted by atomic mass is 9.80. The quantitative estimate of drug-likeness (QED) is 0.602.